The van der Waals surface area contributed by atoms with E-state index in [2.05, 4.69) is 10.3 Å². The lowest BCUT2D eigenvalue weighted by atomic mass is 10.1. The number of aliphatic carboxylic acids is 1. The predicted octanol–water partition coefficient (Wildman–Crippen LogP) is 1.66. The monoisotopic (exact) mass is 280 g/mol. The van der Waals surface area contributed by atoms with Gasteiger partial charge in [0.1, 0.15) is 5.69 Å². The van der Waals surface area contributed by atoms with Crippen LogP contribution in [0.1, 0.15) is 23.0 Å². The summed E-state index contributed by atoms with van der Waals surface area (Å²) in [6.07, 6.45) is 5.82. The number of hydrogen-bond acceptors (Lipinski definition) is 4. The standard InChI is InChI=1S/C13H16N2O3S/c1-9(8-19-2)15-13(18)12-10(4-3-7-14-12)5-6-11(16)17/h3-7,9H,8H2,1-2H3,(H,15,18)(H,16,17)/b6-5+. The number of amides is 1. The number of pyridine rings is 1. The summed E-state index contributed by atoms with van der Waals surface area (Å²) in [6.45, 7) is 1.91. The highest BCUT2D eigenvalue weighted by Gasteiger charge is 2.13. The minimum atomic E-state index is -1.06. The minimum absolute atomic E-state index is 0.0285. The molecule has 1 heterocycles. The smallest absolute Gasteiger partial charge is 0.328 e. The molecule has 0 saturated carbocycles. The topological polar surface area (TPSA) is 79.3 Å². The third-order valence-corrected chi connectivity index (χ3v) is 3.09. The van der Waals surface area contributed by atoms with Crippen molar-refractivity contribution in [2.75, 3.05) is 12.0 Å². The van der Waals surface area contributed by atoms with Gasteiger partial charge in [-0.1, -0.05) is 6.07 Å². The van der Waals surface area contributed by atoms with Gasteiger partial charge in [-0.2, -0.15) is 11.8 Å². The van der Waals surface area contributed by atoms with Gasteiger partial charge in [-0.15, -0.1) is 0 Å². The number of carboxylic acid groups (broad SMARTS) is 1. The fourth-order valence-corrected chi connectivity index (χ4v) is 2.07. The van der Waals surface area contributed by atoms with Crippen LogP contribution in [0, 0.1) is 0 Å². The first kappa shape index (κ1) is 15.2. The van der Waals surface area contributed by atoms with Crippen LogP contribution in [0.2, 0.25) is 0 Å². The zero-order valence-electron chi connectivity index (χ0n) is 10.8. The van der Waals surface area contributed by atoms with Crippen molar-refractivity contribution in [1.29, 1.82) is 0 Å². The maximum Gasteiger partial charge on any atom is 0.328 e. The molecular weight excluding hydrogens is 264 g/mol. The first-order chi connectivity index (χ1) is 9.04. The predicted molar refractivity (Wildman–Crippen MR) is 76.2 cm³/mol. The van der Waals surface area contributed by atoms with Crippen LogP contribution in [0.3, 0.4) is 0 Å². The lowest BCUT2D eigenvalue weighted by molar-refractivity contribution is -0.131. The van der Waals surface area contributed by atoms with Crippen molar-refractivity contribution < 1.29 is 14.7 Å². The Labute approximate surface area is 116 Å². The van der Waals surface area contributed by atoms with Crippen LogP contribution < -0.4 is 5.32 Å². The number of nitrogens with zero attached hydrogens (tertiary/aromatic N) is 1. The van der Waals surface area contributed by atoms with Gasteiger partial charge in [0, 0.05) is 29.6 Å². The lowest BCUT2D eigenvalue weighted by Gasteiger charge is -2.12. The summed E-state index contributed by atoms with van der Waals surface area (Å²) < 4.78 is 0. The summed E-state index contributed by atoms with van der Waals surface area (Å²) in [5.41, 5.74) is 0.715. The van der Waals surface area contributed by atoms with E-state index in [4.69, 9.17) is 5.11 Å². The number of carboxylic acids is 1. The Kier molecular flexibility index (Phi) is 6.08. The molecule has 1 aromatic heterocycles. The second-order valence-corrected chi connectivity index (χ2v) is 4.85. The van der Waals surface area contributed by atoms with Gasteiger partial charge in [0.05, 0.1) is 0 Å². The average Bonchev–Trinajstić information content (AvgIpc) is 2.36. The minimum Gasteiger partial charge on any atom is -0.478 e. The molecule has 1 rings (SSSR count). The van der Waals surface area contributed by atoms with E-state index in [1.165, 1.54) is 12.3 Å². The number of hydrogen-bond donors (Lipinski definition) is 2. The SMILES string of the molecule is CSCC(C)NC(=O)c1ncccc1/C=C/C(=O)O. The van der Waals surface area contributed by atoms with E-state index in [0.29, 0.717) is 5.56 Å². The molecule has 1 atom stereocenters. The Bertz CT molecular complexity index is 489. The molecule has 2 N–H and O–H groups in total. The first-order valence-corrected chi connectivity index (χ1v) is 7.09. The molecule has 5 nitrogen and oxygen atoms in total. The molecule has 0 bridgehead atoms. The summed E-state index contributed by atoms with van der Waals surface area (Å²) in [4.78, 5) is 26.5. The fourth-order valence-electron chi connectivity index (χ4n) is 1.49. The van der Waals surface area contributed by atoms with Gasteiger partial charge in [-0.3, -0.25) is 9.78 Å². The molecule has 0 radical (unpaired) electrons. The Morgan fingerprint density at radius 3 is 2.95 bits per heavy atom. The zero-order chi connectivity index (χ0) is 14.3. The molecule has 102 valence electrons. The molecule has 0 aromatic carbocycles. The molecule has 1 unspecified atom stereocenters. The molecule has 0 aliphatic carbocycles. The summed E-state index contributed by atoms with van der Waals surface area (Å²) in [6, 6.07) is 3.34. The largest absolute Gasteiger partial charge is 0.478 e. The van der Waals surface area contributed by atoms with Crippen molar-refractivity contribution in [3.8, 4) is 0 Å². The van der Waals surface area contributed by atoms with Gasteiger partial charge in [-0.25, -0.2) is 4.79 Å². The Hall–Kier alpha value is -1.82. The van der Waals surface area contributed by atoms with E-state index in [1.54, 1.807) is 23.9 Å². The molecule has 6 heteroatoms. The van der Waals surface area contributed by atoms with Crippen LogP contribution in [0.15, 0.2) is 24.4 Å². The molecule has 1 aromatic rings. The molecular formula is C13H16N2O3S. The van der Waals surface area contributed by atoms with Crippen molar-refractivity contribution >= 4 is 29.7 Å². The van der Waals surface area contributed by atoms with E-state index in [1.807, 2.05) is 13.2 Å². The van der Waals surface area contributed by atoms with Gasteiger partial charge in [0.25, 0.3) is 5.91 Å². The highest BCUT2D eigenvalue weighted by molar-refractivity contribution is 7.98. The second kappa shape index (κ2) is 7.58. The number of rotatable bonds is 6. The van der Waals surface area contributed by atoms with Crippen LogP contribution in [-0.4, -0.2) is 40.0 Å². The van der Waals surface area contributed by atoms with Crippen molar-refractivity contribution in [3.63, 3.8) is 0 Å². The fraction of sp³-hybridized carbons (Fsp3) is 0.308. The number of carbonyl (C=O) groups is 2. The third kappa shape index (κ3) is 5.13. The average molecular weight is 280 g/mol. The Morgan fingerprint density at radius 2 is 2.32 bits per heavy atom. The zero-order valence-corrected chi connectivity index (χ0v) is 11.6. The maximum absolute atomic E-state index is 12.0. The van der Waals surface area contributed by atoms with E-state index in [-0.39, 0.29) is 17.6 Å². The Balaban J connectivity index is 2.87. The molecule has 0 aliphatic heterocycles. The van der Waals surface area contributed by atoms with E-state index < -0.39 is 5.97 Å². The summed E-state index contributed by atoms with van der Waals surface area (Å²) in [7, 11) is 0. The van der Waals surface area contributed by atoms with Crippen molar-refractivity contribution in [2.45, 2.75) is 13.0 Å². The third-order valence-electron chi connectivity index (χ3n) is 2.25. The Morgan fingerprint density at radius 1 is 1.58 bits per heavy atom. The first-order valence-electron chi connectivity index (χ1n) is 5.70. The molecule has 0 aliphatic rings. The van der Waals surface area contributed by atoms with Gasteiger partial charge < -0.3 is 10.4 Å². The maximum atomic E-state index is 12.0. The van der Waals surface area contributed by atoms with Gasteiger partial charge in [0.15, 0.2) is 0 Å². The molecule has 0 fully saturated rings. The molecule has 0 saturated heterocycles. The summed E-state index contributed by atoms with van der Waals surface area (Å²) in [5.74, 6) is -0.558. The summed E-state index contributed by atoms with van der Waals surface area (Å²) >= 11 is 1.64. The van der Waals surface area contributed by atoms with Gasteiger partial charge >= 0.3 is 5.97 Å². The number of carbonyl (C=O) groups excluding carboxylic acids is 1. The number of aromatic nitrogens is 1. The van der Waals surface area contributed by atoms with Crippen LogP contribution in [0.25, 0.3) is 6.08 Å². The van der Waals surface area contributed by atoms with E-state index in [0.717, 1.165) is 11.8 Å². The van der Waals surface area contributed by atoms with Crippen LogP contribution in [0.5, 0.6) is 0 Å². The van der Waals surface area contributed by atoms with Gasteiger partial charge in [-0.05, 0) is 25.3 Å². The molecule has 1 amide bonds. The van der Waals surface area contributed by atoms with Crippen LogP contribution >= 0.6 is 11.8 Å². The van der Waals surface area contributed by atoms with Crippen molar-refractivity contribution in [2.24, 2.45) is 0 Å². The van der Waals surface area contributed by atoms with Crippen LogP contribution in [-0.2, 0) is 4.79 Å². The molecule has 0 spiro atoms. The molecule has 19 heavy (non-hydrogen) atoms. The van der Waals surface area contributed by atoms with Crippen LogP contribution in [0.4, 0.5) is 0 Å². The summed E-state index contributed by atoms with van der Waals surface area (Å²) in [5, 5.41) is 11.4. The van der Waals surface area contributed by atoms with Crippen molar-refractivity contribution in [1.82, 2.24) is 10.3 Å². The quantitative estimate of drug-likeness (QED) is 0.775. The lowest BCUT2D eigenvalue weighted by Crippen LogP contribution is -2.35. The van der Waals surface area contributed by atoms with E-state index >= 15 is 0 Å². The van der Waals surface area contributed by atoms with Gasteiger partial charge in [0.2, 0.25) is 0 Å². The normalized spacial score (nSPS) is 12.3. The number of thioether (sulfide) groups is 1. The van der Waals surface area contributed by atoms with E-state index in [9.17, 15) is 9.59 Å². The number of nitrogens with one attached hydrogen (secondary N) is 1. The van der Waals surface area contributed by atoms with Crippen molar-refractivity contribution in [3.05, 3.63) is 35.7 Å². The highest BCUT2D eigenvalue weighted by atomic mass is 32.2. The highest BCUT2D eigenvalue weighted by Crippen LogP contribution is 2.08. The second-order valence-electron chi connectivity index (χ2n) is 3.94.